The van der Waals surface area contributed by atoms with Gasteiger partial charge >= 0.3 is 5.97 Å². The summed E-state index contributed by atoms with van der Waals surface area (Å²) in [5.74, 6) is 0.817. The molecule has 2 heterocycles. The Hall–Kier alpha value is -1.69. The highest BCUT2D eigenvalue weighted by molar-refractivity contribution is 5.66. The predicted molar refractivity (Wildman–Crippen MR) is 143 cm³/mol. The van der Waals surface area contributed by atoms with E-state index in [4.69, 9.17) is 4.74 Å². The molecule has 4 aliphatic rings. The maximum atomic E-state index is 11.9. The molecule has 1 radical (unpaired) electrons. The Bertz CT molecular complexity index is 948. The second-order valence-electron chi connectivity index (χ2n) is 12.2. The molecule has 0 aromatic heterocycles. The van der Waals surface area contributed by atoms with E-state index in [1.54, 1.807) is 0 Å². The van der Waals surface area contributed by atoms with Crippen LogP contribution in [0.2, 0.25) is 0 Å². The first kappa shape index (κ1) is 25.9. The summed E-state index contributed by atoms with van der Waals surface area (Å²) in [6.45, 7) is 12.7. The maximum Gasteiger partial charge on any atom is 0.303 e. The minimum atomic E-state index is -0.926. The summed E-state index contributed by atoms with van der Waals surface area (Å²) in [5.41, 5.74) is 1.55. The van der Waals surface area contributed by atoms with Crippen molar-refractivity contribution in [2.75, 3.05) is 26.2 Å². The number of aliphatic hydroxyl groups is 1. The number of carbonyl (C=O) groups excluding carboxylic acids is 1. The normalized spacial score (nSPS) is 38.1. The lowest BCUT2D eigenvalue weighted by Crippen LogP contribution is -2.59. The van der Waals surface area contributed by atoms with Gasteiger partial charge in [-0.25, -0.2) is 0 Å². The summed E-state index contributed by atoms with van der Waals surface area (Å²) in [4.78, 5) is 17.2. The van der Waals surface area contributed by atoms with E-state index >= 15 is 0 Å². The van der Waals surface area contributed by atoms with Crippen LogP contribution in [0.5, 0.6) is 0 Å². The molecule has 2 saturated heterocycles. The summed E-state index contributed by atoms with van der Waals surface area (Å²) in [6.07, 6.45) is 9.63. The van der Waals surface area contributed by atoms with Crippen LogP contribution in [0.4, 0.5) is 0 Å². The second-order valence-corrected chi connectivity index (χ2v) is 12.2. The number of hydrogen-bond acceptors (Lipinski definition) is 5. The van der Waals surface area contributed by atoms with E-state index < -0.39 is 11.7 Å². The van der Waals surface area contributed by atoms with Crippen molar-refractivity contribution >= 4 is 5.97 Å². The van der Waals surface area contributed by atoms with E-state index in [1.807, 2.05) is 13.3 Å². The van der Waals surface area contributed by atoms with E-state index in [2.05, 4.69) is 60.1 Å². The highest BCUT2D eigenvalue weighted by atomic mass is 16.5. The van der Waals surface area contributed by atoms with Crippen LogP contribution in [0.15, 0.2) is 42.0 Å². The van der Waals surface area contributed by atoms with Crippen molar-refractivity contribution in [1.29, 1.82) is 0 Å². The SMILES string of the molecule is CC(=O)O[C@@H]1[CH][C@@]2(O)[C@H](C)CC[C@@H](C(C)CN3C[C@H]4CCCN4C[C@@H]3Cc3ccccc3)[C@H]2C=C1C. The van der Waals surface area contributed by atoms with Gasteiger partial charge in [-0.05, 0) is 74.5 Å². The van der Waals surface area contributed by atoms with Crippen LogP contribution in [-0.4, -0.2) is 70.8 Å². The van der Waals surface area contributed by atoms with E-state index in [1.165, 1.54) is 31.9 Å². The molecule has 2 aliphatic heterocycles. The number of piperazine rings is 1. The largest absolute Gasteiger partial charge is 0.458 e. The molecule has 0 amide bonds. The Balaban J connectivity index is 1.34. The summed E-state index contributed by atoms with van der Waals surface area (Å²) in [6, 6.07) is 12.2. The smallest absolute Gasteiger partial charge is 0.303 e. The molecule has 3 fully saturated rings. The number of carbonyl (C=O) groups is 1. The summed E-state index contributed by atoms with van der Waals surface area (Å²) >= 11 is 0. The molecule has 0 bridgehead atoms. The van der Waals surface area contributed by atoms with Crippen LogP contribution in [-0.2, 0) is 16.0 Å². The number of benzene rings is 1. The first-order valence-electron chi connectivity index (χ1n) is 14.2. The average Bonchev–Trinajstić information content (AvgIpc) is 3.29. The third-order valence-electron chi connectivity index (χ3n) is 9.79. The standard InChI is InChI=1S/C31H45N2O3/c1-21-15-29-28(13-12-23(3)31(29,35)17-30(21)36-24(4)34)22(2)18-33-19-26-11-8-14-32(26)20-27(33)16-25-9-6-5-7-10-25/h5-7,9-10,15,17,22-23,26-30,35H,8,11-14,16,18-20H2,1-4H3/t22?,23-,26-,27+,28+,29-,30-,31-/m1/s1. The van der Waals surface area contributed by atoms with Gasteiger partial charge in [-0.2, -0.15) is 0 Å². The molecule has 1 unspecified atom stereocenters. The van der Waals surface area contributed by atoms with Crippen molar-refractivity contribution in [1.82, 2.24) is 9.80 Å². The highest BCUT2D eigenvalue weighted by Gasteiger charge is 2.53. The first-order valence-corrected chi connectivity index (χ1v) is 14.2. The lowest BCUT2D eigenvalue weighted by atomic mass is 9.57. The summed E-state index contributed by atoms with van der Waals surface area (Å²) < 4.78 is 5.56. The van der Waals surface area contributed by atoms with Gasteiger partial charge < -0.3 is 9.84 Å². The number of ether oxygens (including phenoxy) is 1. The first-order chi connectivity index (χ1) is 17.2. The second kappa shape index (κ2) is 10.6. The molecule has 1 aromatic carbocycles. The number of esters is 1. The topological polar surface area (TPSA) is 53.0 Å². The molecule has 1 aromatic rings. The Morgan fingerprint density at radius 3 is 2.72 bits per heavy atom. The van der Waals surface area contributed by atoms with E-state index in [-0.39, 0.29) is 17.8 Å². The summed E-state index contributed by atoms with van der Waals surface area (Å²) in [7, 11) is 0. The van der Waals surface area contributed by atoms with Gasteiger partial charge in [0, 0.05) is 51.0 Å². The Morgan fingerprint density at radius 1 is 1.19 bits per heavy atom. The Labute approximate surface area is 217 Å². The van der Waals surface area contributed by atoms with Gasteiger partial charge in [-0.15, -0.1) is 0 Å². The monoisotopic (exact) mass is 493 g/mol. The molecule has 197 valence electrons. The van der Waals surface area contributed by atoms with Gasteiger partial charge in [0.15, 0.2) is 0 Å². The van der Waals surface area contributed by atoms with E-state index in [9.17, 15) is 9.90 Å². The van der Waals surface area contributed by atoms with Crippen LogP contribution < -0.4 is 0 Å². The molecule has 5 nitrogen and oxygen atoms in total. The van der Waals surface area contributed by atoms with E-state index in [0.29, 0.717) is 23.9 Å². The Kier molecular flexibility index (Phi) is 7.63. The molecule has 1 saturated carbocycles. The number of rotatable bonds is 6. The predicted octanol–water partition coefficient (Wildman–Crippen LogP) is 4.50. The van der Waals surface area contributed by atoms with Gasteiger partial charge in [0.25, 0.3) is 0 Å². The molecule has 5 heteroatoms. The lowest BCUT2D eigenvalue weighted by molar-refractivity contribution is -0.148. The van der Waals surface area contributed by atoms with Crippen molar-refractivity contribution in [3.8, 4) is 0 Å². The zero-order valence-corrected chi connectivity index (χ0v) is 22.6. The fourth-order valence-electron chi connectivity index (χ4n) is 7.71. The van der Waals surface area contributed by atoms with E-state index in [0.717, 1.165) is 44.5 Å². The Morgan fingerprint density at radius 2 is 1.97 bits per heavy atom. The molecule has 0 spiro atoms. The number of fused-ring (bicyclic) bond motifs is 2. The molecular weight excluding hydrogens is 448 g/mol. The fourth-order valence-corrected chi connectivity index (χ4v) is 7.71. The van der Waals surface area contributed by atoms with Crippen LogP contribution in [0, 0.1) is 30.1 Å². The van der Waals surface area contributed by atoms with Gasteiger partial charge in [-0.1, -0.05) is 50.3 Å². The quantitative estimate of drug-likeness (QED) is 0.467. The molecule has 36 heavy (non-hydrogen) atoms. The molecule has 2 aliphatic carbocycles. The van der Waals surface area contributed by atoms with Crippen LogP contribution in [0.1, 0.15) is 58.9 Å². The molecule has 8 atom stereocenters. The molecule has 5 rings (SSSR count). The van der Waals surface area contributed by atoms with Crippen molar-refractivity contribution in [2.45, 2.75) is 83.6 Å². The lowest BCUT2D eigenvalue weighted by Gasteiger charge is -2.53. The third kappa shape index (κ3) is 5.16. The van der Waals surface area contributed by atoms with Gasteiger partial charge in [0.2, 0.25) is 0 Å². The van der Waals surface area contributed by atoms with Crippen LogP contribution in [0.3, 0.4) is 0 Å². The van der Waals surface area contributed by atoms with Crippen molar-refractivity contribution in [2.24, 2.45) is 23.7 Å². The zero-order chi connectivity index (χ0) is 25.4. The van der Waals surface area contributed by atoms with Crippen LogP contribution in [0.25, 0.3) is 0 Å². The third-order valence-corrected chi connectivity index (χ3v) is 9.79. The van der Waals surface area contributed by atoms with Gasteiger partial charge in [-0.3, -0.25) is 14.6 Å². The van der Waals surface area contributed by atoms with Crippen molar-refractivity contribution in [3.05, 3.63) is 54.0 Å². The molecule has 1 N–H and O–H groups in total. The average molecular weight is 494 g/mol. The molecular formula is C31H45N2O3. The van der Waals surface area contributed by atoms with Gasteiger partial charge in [0.05, 0.1) is 5.60 Å². The minimum absolute atomic E-state index is 0.0726. The van der Waals surface area contributed by atoms with Gasteiger partial charge in [0.1, 0.15) is 6.10 Å². The highest BCUT2D eigenvalue weighted by Crippen LogP contribution is 2.51. The van der Waals surface area contributed by atoms with Crippen molar-refractivity contribution < 1.29 is 14.6 Å². The summed E-state index contributed by atoms with van der Waals surface area (Å²) in [5, 5.41) is 11.9. The maximum absolute atomic E-state index is 11.9. The number of nitrogens with zero attached hydrogens (tertiary/aromatic N) is 2. The number of hydrogen-bond donors (Lipinski definition) is 1. The fraction of sp³-hybridized carbons (Fsp3) is 0.677. The van der Waals surface area contributed by atoms with Crippen molar-refractivity contribution in [3.63, 3.8) is 0 Å². The zero-order valence-electron chi connectivity index (χ0n) is 22.6. The minimum Gasteiger partial charge on any atom is -0.458 e. The van der Waals surface area contributed by atoms with Crippen LogP contribution >= 0.6 is 0 Å².